The van der Waals surface area contributed by atoms with Gasteiger partial charge in [-0.05, 0) is 19.8 Å². The standard InChI is InChI=1S/C9H16N2O/c1-3-4-5-6-8-7(2)10-9(12)11-8/h3-6H2,1-2H3,(H2,10,11,12). The van der Waals surface area contributed by atoms with Gasteiger partial charge in [-0.1, -0.05) is 19.8 Å². The number of aromatic nitrogens is 2. The molecule has 0 saturated carbocycles. The quantitative estimate of drug-likeness (QED) is 0.661. The molecule has 12 heavy (non-hydrogen) atoms. The topological polar surface area (TPSA) is 48.6 Å². The van der Waals surface area contributed by atoms with Crippen LogP contribution in [0, 0.1) is 6.92 Å². The summed E-state index contributed by atoms with van der Waals surface area (Å²) in [4.78, 5) is 16.3. The summed E-state index contributed by atoms with van der Waals surface area (Å²) in [5.41, 5.74) is 1.96. The fraction of sp³-hybridized carbons (Fsp3) is 0.667. The monoisotopic (exact) mass is 168 g/mol. The van der Waals surface area contributed by atoms with Gasteiger partial charge < -0.3 is 9.97 Å². The van der Waals surface area contributed by atoms with E-state index in [1.54, 1.807) is 0 Å². The molecule has 0 aromatic carbocycles. The number of nitrogens with one attached hydrogen (secondary N) is 2. The Morgan fingerprint density at radius 1 is 1.25 bits per heavy atom. The van der Waals surface area contributed by atoms with Crippen molar-refractivity contribution in [1.29, 1.82) is 0 Å². The minimum absolute atomic E-state index is 0.0843. The molecule has 1 rings (SSSR count). The molecule has 0 amide bonds. The van der Waals surface area contributed by atoms with Gasteiger partial charge in [-0.3, -0.25) is 0 Å². The molecule has 0 fully saturated rings. The molecule has 1 aromatic heterocycles. The zero-order chi connectivity index (χ0) is 8.97. The van der Waals surface area contributed by atoms with Gasteiger partial charge in [-0.2, -0.15) is 0 Å². The van der Waals surface area contributed by atoms with Crippen LogP contribution in [0.3, 0.4) is 0 Å². The molecule has 2 N–H and O–H groups in total. The van der Waals surface area contributed by atoms with E-state index in [2.05, 4.69) is 16.9 Å². The minimum Gasteiger partial charge on any atom is -0.310 e. The highest BCUT2D eigenvalue weighted by Gasteiger charge is 2.00. The van der Waals surface area contributed by atoms with Gasteiger partial charge in [-0.25, -0.2) is 4.79 Å². The van der Waals surface area contributed by atoms with Crippen molar-refractivity contribution < 1.29 is 0 Å². The largest absolute Gasteiger partial charge is 0.323 e. The Bertz CT molecular complexity index is 285. The van der Waals surface area contributed by atoms with Crippen LogP contribution in [-0.2, 0) is 6.42 Å². The molecule has 0 spiro atoms. The predicted octanol–water partition coefficient (Wildman–Crippen LogP) is 1.74. The number of aromatic amines is 2. The van der Waals surface area contributed by atoms with Gasteiger partial charge in [-0.15, -0.1) is 0 Å². The highest BCUT2D eigenvalue weighted by Crippen LogP contribution is 2.04. The van der Waals surface area contributed by atoms with Gasteiger partial charge in [0.25, 0.3) is 0 Å². The third-order valence-electron chi connectivity index (χ3n) is 2.05. The van der Waals surface area contributed by atoms with Gasteiger partial charge in [0.1, 0.15) is 0 Å². The number of imidazole rings is 1. The van der Waals surface area contributed by atoms with Crippen LogP contribution in [0.2, 0.25) is 0 Å². The summed E-state index contributed by atoms with van der Waals surface area (Å²) in [6, 6.07) is 0. The molecular formula is C9H16N2O. The third kappa shape index (κ3) is 2.26. The summed E-state index contributed by atoms with van der Waals surface area (Å²) in [6.07, 6.45) is 4.59. The maximum Gasteiger partial charge on any atom is 0.323 e. The highest BCUT2D eigenvalue weighted by atomic mass is 16.1. The first-order chi connectivity index (χ1) is 5.74. The second-order valence-corrected chi connectivity index (χ2v) is 3.14. The van der Waals surface area contributed by atoms with Crippen LogP contribution in [-0.4, -0.2) is 9.97 Å². The van der Waals surface area contributed by atoms with E-state index in [0.29, 0.717) is 0 Å². The molecule has 0 aliphatic carbocycles. The highest BCUT2D eigenvalue weighted by molar-refractivity contribution is 5.08. The summed E-state index contributed by atoms with van der Waals surface area (Å²) in [5, 5.41) is 0. The summed E-state index contributed by atoms with van der Waals surface area (Å²) >= 11 is 0. The Kier molecular flexibility index (Phi) is 3.14. The minimum atomic E-state index is -0.0843. The lowest BCUT2D eigenvalue weighted by Crippen LogP contribution is -2.01. The molecule has 0 saturated heterocycles. The maximum atomic E-state index is 10.8. The van der Waals surface area contributed by atoms with E-state index in [1.165, 1.54) is 12.8 Å². The number of unbranched alkanes of at least 4 members (excludes halogenated alkanes) is 2. The summed E-state index contributed by atoms with van der Waals surface area (Å²) in [6.45, 7) is 4.10. The average molecular weight is 168 g/mol. The van der Waals surface area contributed by atoms with Crippen molar-refractivity contribution in [2.75, 3.05) is 0 Å². The zero-order valence-corrected chi connectivity index (χ0v) is 7.74. The SMILES string of the molecule is CCCCCc1[nH]c(=O)[nH]c1C. The lowest BCUT2D eigenvalue weighted by Gasteiger charge is -1.96. The van der Waals surface area contributed by atoms with E-state index in [0.717, 1.165) is 24.2 Å². The van der Waals surface area contributed by atoms with Gasteiger partial charge in [0.05, 0.1) is 0 Å². The molecule has 3 nitrogen and oxygen atoms in total. The third-order valence-corrected chi connectivity index (χ3v) is 2.05. The number of H-pyrrole nitrogens is 2. The molecular weight excluding hydrogens is 152 g/mol. The van der Waals surface area contributed by atoms with E-state index in [-0.39, 0.29) is 5.69 Å². The van der Waals surface area contributed by atoms with Crippen LogP contribution in [0.25, 0.3) is 0 Å². The average Bonchev–Trinajstić information content (AvgIpc) is 2.31. The van der Waals surface area contributed by atoms with Crippen molar-refractivity contribution in [3.8, 4) is 0 Å². The maximum absolute atomic E-state index is 10.8. The lowest BCUT2D eigenvalue weighted by atomic mass is 10.1. The molecule has 0 aliphatic heterocycles. The number of aryl methyl sites for hydroxylation is 2. The number of rotatable bonds is 4. The van der Waals surface area contributed by atoms with Crippen molar-refractivity contribution in [3.05, 3.63) is 21.9 Å². The number of hydrogen-bond donors (Lipinski definition) is 2. The Hall–Kier alpha value is -0.990. The second-order valence-electron chi connectivity index (χ2n) is 3.14. The second kappa shape index (κ2) is 4.14. The van der Waals surface area contributed by atoms with Crippen LogP contribution in [0.5, 0.6) is 0 Å². The lowest BCUT2D eigenvalue weighted by molar-refractivity contribution is 0.706. The molecule has 0 radical (unpaired) electrons. The number of hydrogen-bond acceptors (Lipinski definition) is 1. The predicted molar refractivity (Wildman–Crippen MR) is 49.4 cm³/mol. The fourth-order valence-electron chi connectivity index (χ4n) is 1.31. The van der Waals surface area contributed by atoms with Crippen molar-refractivity contribution in [1.82, 2.24) is 9.97 Å². The van der Waals surface area contributed by atoms with Crippen molar-refractivity contribution in [2.24, 2.45) is 0 Å². The van der Waals surface area contributed by atoms with Crippen LogP contribution in [0.15, 0.2) is 4.79 Å². The van der Waals surface area contributed by atoms with E-state index in [1.807, 2.05) is 6.92 Å². The fourth-order valence-corrected chi connectivity index (χ4v) is 1.31. The smallest absolute Gasteiger partial charge is 0.310 e. The van der Waals surface area contributed by atoms with Gasteiger partial charge in [0.15, 0.2) is 0 Å². The van der Waals surface area contributed by atoms with Crippen LogP contribution >= 0.6 is 0 Å². The molecule has 1 aromatic rings. The van der Waals surface area contributed by atoms with Crippen molar-refractivity contribution in [2.45, 2.75) is 39.5 Å². The summed E-state index contributed by atoms with van der Waals surface area (Å²) in [5.74, 6) is 0. The summed E-state index contributed by atoms with van der Waals surface area (Å²) < 4.78 is 0. The molecule has 3 heteroatoms. The molecule has 0 bridgehead atoms. The van der Waals surface area contributed by atoms with Crippen molar-refractivity contribution >= 4 is 0 Å². The van der Waals surface area contributed by atoms with E-state index in [4.69, 9.17) is 0 Å². The Balaban J connectivity index is 2.51. The van der Waals surface area contributed by atoms with E-state index < -0.39 is 0 Å². The molecule has 0 aliphatic rings. The van der Waals surface area contributed by atoms with Crippen molar-refractivity contribution in [3.63, 3.8) is 0 Å². The Morgan fingerprint density at radius 3 is 2.50 bits per heavy atom. The van der Waals surface area contributed by atoms with Crippen LogP contribution in [0.1, 0.15) is 37.6 Å². The summed E-state index contributed by atoms with van der Waals surface area (Å²) in [7, 11) is 0. The molecule has 68 valence electrons. The Labute approximate surface area is 72.2 Å². The first kappa shape index (κ1) is 9.10. The first-order valence-corrected chi connectivity index (χ1v) is 4.51. The van der Waals surface area contributed by atoms with E-state index in [9.17, 15) is 4.79 Å². The van der Waals surface area contributed by atoms with Crippen LogP contribution in [0.4, 0.5) is 0 Å². The first-order valence-electron chi connectivity index (χ1n) is 4.51. The van der Waals surface area contributed by atoms with E-state index >= 15 is 0 Å². The molecule has 1 heterocycles. The molecule has 0 atom stereocenters. The van der Waals surface area contributed by atoms with Crippen LogP contribution < -0.4 is 5.69 Å². The van der Waals surface area contributed by atoms with Gasteiger partial charge in [0.2, 0.25) is 0 Å². The normalized spacial score (nSPS) is 10.5. The molecule has 0 unspecified atom stereocenters. The van der Waals surface area contributed by atoms with Gasteiger partial charge in [0, 0.05) is 11.4 Å². The van der Waals surface area contributed by atoms with Gasteiger partial charge >= 0.3 is 5.69 Å². The zero-order valence-electron chi connectivity index (χ0n) is 7.74. The Morgan fingerprint density at radius 2 is 2.00 bits per heavy atom.